The summed E-state index contributed by atoms with van der Waals surface area (Å²) in [4.78, 5) is 31.7. The number of anilines is 3. The van der Waals surface area contributed by atoms with Gasteiger partial charge < -0.3 is 15.1 Å². The number of nitrogens with zero attached hydrogens (tertiary/aromatic N) is 4. The SMILES string of the molecule is CN(C)c1ccc([N+](=O)[O-])cc1C(=O)Nc1csc(N2CCCCC2)n1. The summed E-state index contributed by atoms with van der Waals surface area (Å²) >= 11 is 1.49. The van der Waals surface area contributed by atoms with Crippen molar-refractivity contribution in [1.29, 1.82) is 0 Å². The average Bonchev–Trinajstić information content (AvgIpc) is 3.10. The Morgan fingerprint density at radius 3 is 2.69 bits per heavy atom. The van der Waals surface area contributed by atoms with Crippen LogP contribution in [-0.2, 0) is 0 Å². The molecule has 0 aliphatic carbocycles. The number of thiazole rings is 1. The highest BCUT2D eigenvalue weighted by Crippen LogP contribution is 2.28. The number of piperidine rings is 1. The van der Waals surface area contributed by atoms with Gasteiger partial charge in [-0.25, -0.2) is 4.98 Å². The van der Waals surface area contributed by atoms with Crippen LogP contribution in [0.25, 0.3) is 0 Å². The number of carbonyl (C=O) groups excluding carboxylic acids is 1. The van der Waals surface area contributed by atoms with Gasteiger partial charge in [-0.05, 0) is 25.3 Å². The molecule has 0 atom stereocenters. The molecule has 1 fully saturated rings. The number of nitrogens with one attached hydrogen (secondary N) is 1. The third-order valence-electron chi connectivity index (χ3n) is 4.28. The first-order chi connectivity index (χ1) is 12.5. The first-order valence-corrected chi connectivity index (χ1v) is 9.31. The molecule has 1 aliphatic rings. The van der Waals surface area contributed by atoms with Gasteiger partial charge in [-0.3, -0.25) is 14.9 Å². The number of rotatable bonds is 5. The van der Waals surface area contributed by atoms with E-state index in [9.17, 15) is 14.9 Å². The molecule has 1 aromatic heterocycles. The molecule has 0 spiro atoms. The van der Waals surface area contributed by atoms with Gasteiger partial charge in [0.2, 0.25) is 0 Å². The van der Waals surface area contributed by atoms with Crippen LogP contribution in [-0.4, -0.2) is 43.0 Å². The van der Waals surface area contributed by atoms with Crippen molar-refractivity contribution in [3.8, 4) is 0 Å². The Balaban J connectivity index is 1.80. The lowest BCUT2D eigenvalue weighted by Crippen LogP contribution is -2.29. The lowest BCUT2D eigenvalue weighted by molar-refractivity contribution is -0.384. The molecule has 3 rings (SSSR count). The van der Waals surface area contributed by atoms with Gasteiger partial charge in [-0.2, -0.15) is 0 Å². The topological polar surface area (TPSA) is 91.6 Å². The molecule has 1 aliphatic heterocycles. The Bertz CT molecular complexity index is 814. The van der Waals surface area contributed by atoms with Gasteiger partial charge in [-0.15, -0.1) is 11.3 Å². The van der Waals surface area contributed by atoms with E-state index in [1.807, 2.05) is 0 Å². The zero-order valence-corrected chi connectivity index (χ0v) is 15.6. The Morgan fingerprint density at radius 2 is 2.04 bits per heavy atom. The molecular weight excluding hydrogens is 354 g/mol. The van der Waals surface area contributed by atoms with Gasteiger partial charge in [0, 0.05) is 50.4 Å². The zero-order valence-electron chi connectivity index (χ0n) is 14.8. The van der Waals surface area contributed by atoms with Crippen molar-refractivity contribution in [2.24, 2.45) is 0 Å². The summed E-state index contributed by atoms with van der Waals surface area (Å²) in [5.41, 5.74) is 0.740. The Labute approximate surface area is 155 Å². The predicted octanol–water partition coefficient (Wildman–Crippen LogP) is 3.36. The van der Waals surface area contributed by atoms with E-state index in [0.717, 1.165) is 31.1 Å². The number of hydrogen-bond donors (Lipinski definition) is 1. The molecule has 0 saturated carbocycles. The summed E-state index contributed by atoms with van der Waals surface area (Å²) in [7, 11) is 3.57. The van der Waals surface area contributed by atoms with E-state index in [1.165, 1.54) is 29.9 Å². The normalized spacial score (nSPS) is 14.2. The first kappa shape index (κ1) is 18.1. The van der Waals surface area contributed by atoms with Crippen LogP contribution in [0, 0.1) is 10.1 Å². The fourth-order valence-electron chi connectivity index (χ4n) is 2.95. The second-order valence-corrected chi connectivity index (χ2v) is 7.21. The highest BCUT2D eigenvalue weighted by molar-refractivity contribution is 7.14. The van der Waals surface area contributed by atoms with Crippen molar-refractivity contribution >= 4 is 39.6 Å². The van der Waals surface area contributed by atoms with Crippen molar-refractivity contribution in [1.82, 2.24) is 4.98 Å². The van der Waals surface area contributed by atoms with Crippen molar-refractivity contribution in [3.63, 3.8) is 0 Å². The lowest BCUT2D eigenvalue weighted by Gasteiger charge is -2.25. The summed E-state index contributed by atoms with van der Waals surface area (Å²) in [6.07, 6.45) is 3.55. The standard InChI is InChI=1S/C17H21N5O3S/c1-20(2)14-7-6-12(22(24)25)10-13(14)16(23)18-15-11-26-17(19-15)21-8-4-3-5-9-21/h6-7,10-11H,3-5,8-9H2,1-2H3,(H,18,23). The van der Waals surface area contributed by atoms with Gasteiger partial charge in [0.1, 0.15) is 5.82 Å². The van der Waals surface area contributed by atoms with Crippen molar-refractivity contribution in [3.05, 3.63) is 39.3 Å². The van der Waals surface area contributed by atoms with Crippen molar-refractivity contribution < 1.29 is 9.72 Å². The van der Waals surface area contributed by atoms with E-state index in [4.69, 9.17) is 0 Å². The van der Waals surface area contributed by atoms with E-state index in [1.54, 1.807) is 30.4 Å². The molecule has 1 saturated heterocycles. The Kier molecular flexibility index (Phi) is 5.36. The molecule has 1 aromatic carbocycles. The van der Waals surface area contributed by atoms with Crippen LogP contribution >= 0.6 is 11.3 Å². The maximum absolute atomic E-state index is 12.7. The second-order valence-electron chi connectivity index (χ2n) is 6.37. The quantitative estimate of drug-likeness (QED) is 0.636. The summed E-state index contributed by atoms with van der Waals surface area (Å²) in [5.74, 6) is 0.0599. The predicted molar refractivity (Wildman–Crippen MR) is 104 cm³/mol. The molecular formula is C17H21N5O3S. The summed E-state index contributed by atoms with van der Waals surface area (Å²) in [6, 6.07) is 4.26. The van der Waals surface area contributed by atoms with E-state index in [0.29, 0.717) is 11.5 Å². The lowest BCUT2D eigenvalue weighted by atomic mass is 10.1. The Morgan fingerprint density at radius 1 is 1.31 bits per heavy atom. The molecule has 9 heteroatoms. The third kappa shape index (κ3) is 3.93. The van der Waals surface area contributed by atoms with Gasteiger partial charge in [0.25, 0.3) is 11.6 Å². The minimum Gasteiger partial charge on any atom is -0.377 e. The smallest absolute Gasteiger partial charge is 0.270 e. The van der Waals surface area contributed by atoms with Crippen molar-refractivity contribution in [2.45, 2.75) is 19.3 Å². The maximum Gasteiger partial charge on any atom is 0.270 e. The molecule has 26 heavy (non-hydrogen) atoms. The molecule has 2 aromatic rings. The van der Waals surface area contributed by atoms with E-state index in [2.05, 4.69) is 15.2 Å². The third-order valence-corrected chi connectivity index (χ3v) is 5.18. The number of hydrogen-bond acceptors (Lipinski definition) is 7. The summed E-state index contributed by atoms with van der Waals surface area (Å²) < 4.78 is 0. The van der Waals surface area contributed by atoms with Gasteiger partial charge in [0.05, 0.1) is 10.5 Å². The monoisotopic (exact) mass is 375 g/mol. The van der Waals surface area contributed by atoms with E-state index >= 15 is 0 Å². The second kappa shape index (κ2) is 7.69. The van der Waals surface area contributed by atoms with Crippen LogP contribution in [0.15, 0.2) is 23.6 Å². The molecule has 8 nitrogen and oxygen atoms in total. The zero-order chi connectivity index (χ0) is 18.7. The highest BCUT2D eigenvalue weighted by Gasteiger charge is 2.20. The number of nitro groups is 1. The molecule has 138 valence electrons. The number of nitro benzene ring substituents is 1. The average molecular weight is 375 g/mol. The fourth-order valence-corrected chi connectivity index (χ4v) is 3.76. The minimum atomic E-state index is -0.506. The molecule has 0 unspecified atom stereocenters. The number of benzene rings is 1. The largest absolute Gasteiger partial charge is 0.377 e. The van der Waals surface area contributed by atoms with Crippen LogP contribution in [0.1, 0.15) is 29.6 Å². The van der Waals surface area contributed by atoms with Crippen LogP contribution in [0.3, 0.4) is 0 Å². The van der Waals surface area contributed by atoms with Gasteiger partial charge in [-0.1, -0.05) is 0 Å². The van der Waals surface area contributed by atoms with Crippen LogP contribution in [0.4, 0.5) is 22.3 Å². The van der Waals surface area contributed by atoms with Crippen LogP contribution in [0.2, 0.25) is 0 Å². The molecule has 1 N–H and O–H groups in total. The van der Waals surface area contributed by atoms with E-state index < -0.39 is 10.8 Å². The van der Waals surface area contributed by atoms with Crippen LogP contribution in [0.5, 0.6) is 0 Å². The van der Waals surface area contributed by atoms with Crippen molar-refractivity contribution in [2.75, 3.05) is 42.3 Å². The van der Waals surface area contributed by atoms with Crippen LogP contribution < -0.4 is 15.1 Å². The number of non-ortho nitro benzene ring substituents is 1. The molecule has 0 bridgehead atoms. The minimum absolute atomic E-state index is 0.118. The summed E-state index contributed by atoms with van der Waals surface area (Å²) in [5, 5.41) is 16.5. The number of aromatic nitrogens is 1. The molecule has 1 amide bonds. The highest BCUT2D eigenvalue weighted by atomic mass is 32.1. The number of carbonyl (C=O) groups is 1. The Hall–Kier alpha value is -2.68. The maximum atomic E-state index is 12.7. The fraction of sp³-hybridized carbons (Fsp3) is 0.412. The number of amides is 1. The molecule has 2 heterocycles. The van der Waals surface area contributed by atoms with Gasteiger partial charge >= 0.3 is 0 Å². The van der Waals surface area contributed by atoms with E-state index in [-0.39, 0.29) is 11.3 Å². The molecule has 0 radical (unpaired) electrons. The first-order valence-electron chi connectivity index (χ1n) is 8.43. The van der Waals surface area contributed by atoms with Gasteiger partial charge in [0.15, 0.2) is 5.13 Å². The summed E-state index contributed by atoms with van der Waals surface area (Å²) in [6.45, 7) is 1.97.